The lowest BCUT2D eigenvalue weighted by Gasteiger charge is -2.34. The van der Waals surface area contributed by atoms with E-state index in [9.17, 15) is 5.11 Å². The lowest BCUT2D eigenvalue weighted by atomic mass is 9.87. The first-order chi connectivity index (χ1) is 10.3. The predicted octanol–water partition coefficient (Wildman–Crippen LogP) is 2.07. The molecule has 1 aromatic carbocycles. The normalized spacial score (nSPS) is 19.3. The van der Waals surface area contributed by atoms with Gasteiger partial charge in [0.1, 0.15) is 0 Å². The fourth-order valence-electron chi connectivity index (χ4n) is 2.90. The number of hydrogen-bond acceptors (Lipinski definition) is 4. The molecule has 1 fully saturated rings. The van der Waals surface area contributed by atoms with Crippen LogP contribution >= 0.6 is 0 Å². The van der Waals surface area contributed by atoms with Gasteiger partial charge in [0, 0.05) is 19.8 Å². The Labute approximate surface area is 127 Å². The maximum atomic E-state index is 9.96. The fraction of sp³-hybridized carbons (Fsp3) is 0.647. The van der Waals surface area contributed by atoms with Crippen LogP contribution in [0.5, 0.6) is 0 Å². The van der Waals surface area contributed by atoms with Crippen LogP contribution in [0.15, 0.2) is 30.3 Å². The summed E-state index contributed by atoms with van der Waals surface area (Å²) in [5, 5.41) is 13.4. The van der Waals surface area contributed by atoms with Crippen LogP contribution in [0, 0.1) is 0 Å². The van der Waals surface area contributed by atoms with Gasteiger partial charge in [-0.3, -0.25) is 0 Å². The highest BCUT2D eigenvalue weighted by atomic mass is 16.5. The Kier molecular flexibility index (Phi) is 6.64. The van der Waals surface area contributed by atoms with Crippen molar-refractivity contribution in [3.05, 3.63) is 35.9 Å². The molecule has 1 atom stereocenters. The summed E-state index contributed by atoms with van der Waals surface area (Å²) in [6.07, 6.45) is 3.00. The van der Waals surface area contributed by atoms with Gasteiger partial charge < -0.3 is 19.9 Å². The molecule has 1 saturated heterocycles. The SMILES string of the molecule is CCNC(CO)(CCOC1CCOCC1)c1ccccc1. The Morgan fingerprint density at radius 2 is 2.00 bits per heavy atom. The minimum absolute atomic E-state index is 0.0714. The van der Waals surface area contributed by atoms with Crippen molar-refractivity contribution in [2.75, 3.05) is 33.0 Å². The molecule has 1 aliphatic heterocycles. The molecule has 2 N–H and O–H groups in total. The van der Waals surface area contributed by atoms with Gasteiger partial charge in [0.2, 0.25) is 0 Å². The van der Waals surface area contributed by atoms with E-state index in [1.807, 2.05) is 18.2 Å². The first-order valence-corrected chi connectivity index (χ1v) is 7.91. The molecule has 0 amide bonds. The molecule has 4 nitrogen and oxygen atoms in total. The molecule has 1 unspecified atom stereocenters. The second-order valence-corrected chi connectivity index (χ2v) is 5.57. The second-order valence-electron chi connectivity index (χ2n) is 5.57. The van der Waals surface area contributed by atoms with E-state index in [0.717, 1.165) is 44.6 Å². The highest BCUT2D eigenvalue weighted by Gasteiger charge is 2.30. The van der Waals surface area contributed by atoms with E-state index in [4.69, 9.17) is 9.47 Å². The molecular weight excluding hydrogens is 266 g/mol. The minimum atomic E-state index is -0.415. The molecule has 2 rings (SSSR count). The van der Waals surface area contributed by atoms with E-state index >= 15 is 0 Å². The van der Waals surface area contributed by atoms with E-state index in [-0.39, 0.29) is 6.61 Å². The zero-order chi connectivity index (χ0) is 15.0. The number of benzene rings is 1. The molecule has 0 bridgehead atoms. The van der Waals surface area contributed by atoms with Gasteiger partial charge in [0.25, 0.3) is 0 Å². The Bertz CT molecular complexity index is 392. The van der Waals surface area contributed by atoms with Crippen LogP contribution in [-0.2, 0) is 15.0 Å². The number of aliphatic hydroxyl groups is 1. The van der Waals surface area contributed by atoms with Crippen molar-refractivity contribution >= 4 is 0 Å². The summed E-state index contributed by atoms with van der Waals surface area (Å²) in [5.74, 6) is 0. The van der Waals surface area contributed by atoms with Gasteiger partial charge in [0.05, 0.1) is 18.2 Å². The summed E-state index contributed by atoms with van der Waals surface area (Å²) in [4.78, 5) is 0. The van der Waals surface area contributed by atoms with Crippen molar-refractivity contribution in [2.45, 2.75) is 37.8 Å². The van der Waals surface area contributed by atoms with Gasteiger partial charge in [-0.2, -0.15) is 0 Å². The molecule has 0 saturated carbocycles. The van der Waals surface area contributed by atoms with Crippen molar-refractivity contribution in [1.82, 2.24) is 5.32 Å². The summed E-state index contributed by atoms with van der Waals surface area (Å²) in [5.41, 5.74) is 0.700. The second kappa shape index (κ2) is 8.49. The van der Waals surface area contributed by atoms with Gasteiger partial charge in [-0.15, -0.1) is 0 Å². The molecule has 0 aromatic heterocycles. The van der Waals surface area contributed by atoms with Crippen LogP contribution in [0.3, 0.4) is 0 Å². The third kappa shape index (κ3) is 4.51. The smallest absolute Gasteiger partial charge is 0.0691 e. The highest BCUT2D eigenvalue weighted by Crippen LogP contribution is 2.25. The number of ether oxygens (including phenoxy) is 2. The van der Waals surface area contributed by atoms with E-state index in [1.54, 1.807) is 0 Å². The van der Waals surface area contributed by atoms with Crippen LogP contribution < -0.4 is 5.32 Å². The molecule has 0 aliphatic carbocycles. The van der Waals surface area contributed by atoms with Crippen molar-refractivity contribution in [3.63, 3.8) is 0 Å². The molecule has 1 heterocycles. The Morgan fingerprint density at radius 1 is 1.29 bits per heavy atom. The predicted molar refractivity (Wildman–Crippen MR) is 83.3 cm³/mol. The lowest BCUT2D eigenvalue weighted by Crippen LogP contribution is -2.46. The Hall–Kier alpha value is -0.940. The van der Waals surface area contributed by atoms with Gasteiger partial charge in [-0.05, 0) is 31.4 Å². The van der Waals surface area contributed by atoms with Crippen molar-refractivity contribution < 1.29 is 14.6 Å². The van der Waals surface area contributed by atoms with Gasteiger partial charge in [0.15, 0.2) is 0 Å². The maximum absolute atomic E-state index is 9.96. The van der Waals surface area contributed by atoms with E-state index in [1.165, 1.54) is 0 Å². The number of aliphatic hydroxyl groups excluding tert-OH is 1. The summed E-state index contributed by atoms with van der Waals surface area (Å²) in [7, 11) is 0. The van der Waals surface area contributed by atoms with Crippen LogP contribution in [0.4, 0.5) is 0 Å². The summed E-state index contributed by atoms with van der Waals surface area (Å²) in [6.45, 7) is 5.18. The molecule has 0 spiro atoms. The summed E-state index contributed by atoms with van der Waals surface area (Å²) in [6, 6.07) is 10.1. The number of hydrogen-bond donors (Lipinski definition) is 2. The van der Waals surface area contributed by atoms with Gasteiger partial charge in [-0.25, -0.2) is 0 Å². The summed E-state index contributed by atoms with van der Waals surface area (Å²) >= 11 is 0. The molecular formula is C17H27NO3. The van der Waals surface area contributed by atoms with Crippen LogP contribution in [0.1, 0.15) is 31.7 Å². The first kappa shape index (κ1) is 16.4. The molecule has 0 radical (unpaired) electrons. The fourth-order valence-corrected chi connectivity index (χ4v) is 2.90. The van der Waals surface area contributed by atoms with Crippen molar-refractivity contribution in [1.29, 1.82) is 0 Å². The van der Waals surface area contributed by atoms with E-state index in [2.05, 4.69) is 24.4 Å². The van der Waals surface area contributed by atoms with Crippen LogP contribution in [0.2, 0.25) is 0 Å². The largest absolute Gasteiger partial charge is 0.394 e. The average molecular weight is 293 g/mol. The first-order valence-electron chi connectivity index (χ1n) is 7.91. The lowest BCUT2D eigenvalue weighted by molar-refractivity contribution is -0.0402. The molecule has 118 valence electrons. The van der Waals surface area contributed by atoms with E-state index < -0.39 is 5.54 Å². The molecule has 4 heteroatoms. The molecule has 1 aliphatic rings. The van der Waals surface area contributed by atoms with E-state index in [0.29, 0.717) is 12.7 Å². The van der Waals surface area contributed by atoms with Crippen LogP contribution in [0.25, 0.3) is 0 Å². The maximum Gasteiger partial charge on any atom is 0.0691 e. The van der Waals surface area contributed by atoms with Crippen molar-refractivity contribution in [2.24, 2.45) is 0 Å². The number of nitrogens with one attached hydrogen (secondary N) is 1. The Balaban J connectivity index is 1.95. The van der Waals surface area contributed by atoms with Crippen LogP contribution in [-0.4, -0.2) is 44.2 Å². The monoisotopic (exact) mass is 293 g/mol. The quantitative estimate of drug-likeness (QED) is 0.770. The summed E-state index contributed by atoms with van der Waals surface area (Å²) < 4.78 is 11.3. The zero-order valence-electron chi connectivity index (χ0n) is 12.9. The standard InChI is InChI=1S/C17H27NO3/c1-2-18-17(14-19,15-6-4-3-5-7-15)10-13-21-16-8-11-20-12-9-16/h3-7,16,18-19H,2,8-14H2,1H3. The number of likely N-dealkylation sites (N-methyl/N-ethyl adjacent to an activating group) is 1. The highest BCUT2D eigenvalue weighted by molar-refractivity contribution is 5.24. The van der Waals surface area contributed by atoms with Crippen molar-refractivity contribution in [3.8, 4) is 0 Å². The Morgan fingerprint density at radius 3 is 2.62 bits per heavy atom. The minimum Gasteiger partial charge on any atom is -0.394 e. The van der Waals surface area contributed by atoms with Gasteiger partial charge >= 0.3 is 0 Å². The molecule has 21 heavy (non-hydrogen) atoms. The third-order valence-corrected chi connectivity index (χ3v) is 4.16. The molecule has 1 aromatic rings. The third-order valence-electron chi connectivity index (χ3n) is 4.16. The number of rotatable bonds is 8. The topological polar surface area (TPSA) is 50.7 Å². The zero-order valence-corrected chi connectivity index (χ0v) is 12.9. The average Bonchev–Trinajstić information content (AvgIpc) is 2.56. The van der Waals surface area contributed by atoms with Gasteiger partial charge in [-0.1, -0.05) is 37.3 Å².